The lowest BCUT2D eigenvalue weighted by atomic mass is 10.1. The van der Waals surface area contributed by atoms with Gasteiger partial charge in [0.05, 0.1) is 12.1 Å². The van der Waals surface area contributed by atoms with Gasteiger partial charge in [0, 0.05) is 37.0 Å². The number of aromatic hydroxyl groups is 1. The third-order valence-electron chi connectivity index (χ3n) is 5.94. The third-order valence-corrected chi connectivity index (χ3v) is 5.94. The minimum Gasteiger partial charge on any atom is -0.503 e. The maximum atomic E-state index is 13.8. The second-order valence-electron chi connectivity index (χ2n) is 7.86. The van der Waals surface area contributed by atoms with Gasteiger partial charge in [0.2, 0.25) is 5.43 Å². The van der Waals surface area contributed by atoms with Gasteiger partial charge in [-0.3, -0.25) is 14.4 Å². The van der Waals surface area contributed by atoms with Crippen molar-refractivity contribution in [3.63, 3.8) is 0 Å². The summed E-state index contributed by atoms with van der Waals surface area (Å²) in [5.74, 6) is -6.23. The van der Waals surface area contributed by atoms with E-state index in [1.165, 1.54) is 9.47 Å². The smallest absolute Gasteiger partial charge is 0.274 e. The Morgan fingerprint density at radius 1 is 1.16 bits per heavy atom. The van der Waals surface area contributed by atoms with Gasteiger partial charge in [0.15, 0.2) is 11.4 Å². The molecule has 11 heteroatoms. The van der Waals surface area contributed by atoms with Crippen LogP contribution in [-0.2, 0) is 6.54 Å². The molecule has 3 heterocycles. The van der Waals surface area contributed by atoms with Crippen LogP contribution in [0, 0.1) is 17.5 Å². The Kier molecular flexibility index (Phi) is 5.66. The van der Waals surface area contributed by atoms with Crippen molar-refractivity contribution in [2.45, 2.75) is 37.9 Å². The zero-order valence-corrected chi connectivity index (χ0v) is 16.7. The molecule has 1 aromatic carbocycles. The molecule has 1 saturated heterocycles. The van der Waals surface area contributed by atoms with Crippen LogP contribution in [0.3, 0.4) is 0 Å². The van der Waals surface area contributed by atoms with E-state index in [-0.39, 0.29) is 18.3 Å². The highest BCUT2D eigenvalue weighted by molar-refractivity contribution is 5.99. The molecule has 2 bridgehead atoms. The number of hydrogen-bond acceptors (Lipinski definition) is 4. The number of nitrogens with zero attached hydrogens (tertiary/aromatic N) is 2. The second kappa shape index (κ2) is 8.29. The number of halogens is 4. The van der Waals surface area contributed by atoms with Gasteiger partial charge in [-0.1, -0.05) is 0 Å². The summed E-state index contributed by atoms with van der Waals surface area (Å²) in [6.45, 7) is -1.26. The fourth-order valence-corrected chi connectivity index (χ4v) is 4.27. The van der Waals surface area contributed by atoms with E-state index in [0.29, 0.717) is 31.4 Å². The summed E-state index contributed by atoms with van der Waals surface area (Å²) in [5.41, 5.74) is -2.59. The Morgan fingerprint density at radius 2 is 1.84 bits per heavy atom. The van der Waals surface area contributed by atoms with Crippen molar-refractivity contribution < 1.29 is 32.3 Å². The lowest BCUT2D eigenvalue weighted by Gasteiger charge is -2.37. The van der Waals surface area contributed by atoms with Gasteiger partial charge in [-0.05, 0) is 19.3 Å². The number of carbonyl (C=O) groups excluding carboxylic acids is 2. The molecule has 0 spiro atoms. The van der Waals surface area contributed by atoms with Crippen LogP contribution in [0.1, 0.15) is 51.7 Å². The average molecular weight is 453 g/mol. The van der Waals surface area contributed by atoms with Gasteiger partial charge in [-0.2, -0.15) is 0 Å². The second-order valence-corrected chi connectivity index (χ2v) is 7.86. The molecule has 2 aliphatic rings. The van der Waals surface area contributed by atoms with Crippen LogP contribution in [-0.4, -0.2) is 45.6 Å². The van der Waals surface area contributed by atoms with Crippen LogP contribution >= 0.6 is 0 Å². The van der Waals surface area contributed by atoms with E-state index in [1.807, 2.05) is 0 Å². The van der Waals surface area contributed by atoms with Crippen molar-refractivity contribution in [2.24, 2.45) is 0 Å². The molecule has 0 unspecified atom stereocenters. The lowest BCUT2D eigenvalue weighted by Crippen LogP contribution is -2.49. The summed E-state index contributed by atoms with van der Waals surface area (Å²) < 4.78 is 55.4. The Morgan fingerprint density at radius 3 is 2.50 bits per heavy atom. The molecular weight excluding hydrogens is 434 g/mol. The molecule has 4 rings (SSSR count). The first-order valence-corrected chi connectivity index (χ1v) is 9.99. The minimum absolute atomic E-state index is 0.162. The van der Waals surface area contributed by atoms with Crippen molar-refractivity contribution in [2.75, 3.05) is 13.2 Å². The SMILES string of the molecule is O=C(NCc1c(F)cc(F)cc1F)c1cn2c(c(O)c1=O)C(=O)N1C[C@@H]2CCC[C@@H]1CF. The number of alkyl halides is 1. The quantitative estimate of drug-likeness (QED) is 0.696. The number of aromatic nitrogens is 1. The van der Waals surface area contributed by atoms with Gasteiger partial charge in [0.1, 0.15) is 29.7 Å². The fraction of sp³-hybridized carbons (Fsp3) is 0.381. The van der Waals surface area contributed by atoms with Crippen molar-refractivity contribution in [1.29, 1.82) is 0 Å². The summed E-state index contributed by atoms with van der Waals surface area (Å²) in [5, 5.41) is 12.6. The summed E-state index contributed by atoms with van der Waals surface area (Å²) >= 11 is 0. The standard InChI is InChI=1S/C21H19F4N3O4/c22-6-11-2-1-3-12-8-28(11)21(32)17-19(30)18(29)14(9-27(12)17)20(31)26-7-13-15(24)4-10(23)5-16(13)25/h4-5,9,11-12,30H,1-3,6-8H2,(H,26,31)/t11-,12+/m1/s1. The van der Waals surface area contributed by atoms with Crippen LogP contribution < -0.4 is 10.7 Å². The summed E-state index contributed by atoms with van der Waals surface area (Å²) in [4.78, 5) is 39.3. The van der Waals surface area contributed by atoms with Crippen LogP contribution in [0.15, 0.2) is 23.1 Å². The number of hydrogen-bond donors (Lipinski definition) is 2. The summed E-state index contributed by atoms with van der Waals surface area (Å²) in [7, 11) is 0. The molecule has 2 aromatic rings. The van der Waals surface area contributed by atoms with Gasteiger partial charge in [-0.15, -0.1) is 0 Å². The fourth-order valence-electron chi connectivity index (χ4n) is 4.27. The third kappa shape index (κ3) is 3.61. The molecule has 170 valence electrons. The van der Waals surface area contributed by atoms with E-state index in [1.54, 1.807) is 0 Å². The van der Waals surface area contributed by atoms with Crippen molar-refractivity contribution in [3.8, 4) is 5.75 Å². The maximum Gasteiger partial charge on any atom is 0.274 e. The molecule has 1 fully saturated rings. The highest BCUT2D eigenvalue weighted by Gasteiger charge is 2.40. The predicted octanol–water partition coefficient (Wildman–Crippen LogP) is 2.42. The molecule has 7 nitrogen and oxygen atoms in total. The van der Waals surface area contributed by atoms with E-state index in [2.05, 4.69) is 5.32 Å². The Bertz CT molecular complexity index is 1140. The van der Waals surface area contributed by atoms with E-state index in [9.17, 15) is 37.1 Å². The monoisotopic (exact) mass is 453 g/mol. The van der Waals surface area contributed by atoms with E-state index < -0.39 is 70.8 Å². The first-order valence-electron chi connectivity index (χ1n) is 9.99. The highest BCUT2D eigenvalue weighted by atomic mass is 19.1. The van der Waals surface area contributed by atoms with Gasteiger partial charge in [0.25, 0.3) is 11.8 Å². The van der Waals surface area contributed by atoms with Crippen LogP contribution in [0.2, 0.25) is 0 Å². The van der Waals surface area contributed by atoms with Crippen LogP contribution in [0.4, 0.5) is 17.6 Å². The predicted molar refractivity (Wildman–Crippen MR) is 104 cm³/mol. The number of fused-ring (bicyclic) bond motifs is 4. The first-order chi connectivity index (χ1) is 15.2. The number of nitrogens with one attached hydrogen (secondary N) is 1. The van der Waals surface area contributed by atoms with Crippen LogP contribution in [0.25, 0.3) is 0 Å². The van der Waals surface area contributed by atoms with Gasteiger partial charge in [-0.25, -0.2) is 17.6 Å². The van der Waals surface area contributed by atoms with Crippen molar-refractivity contribution >= 4 is 11.8 Å². The number of pyridine rings is 1. The van der Waals surface area contributed by atoms with E-state index in [0.717, 1.165) is 6.20 Å². The minimum atomic E-state index is -1.21. The number of amides is 2. The van der Waals surface area contributed by atoms with Crippen LogP contribution in [0.5, 0.6) is 5.75 Å². The topological polar surface area (TPSA) is 91.6 Å². The van der Waals surface area contributed by atoms with E-state index >= 15 is 0 Å². The molecule has 0 saturated carbocycles. The molecule has 0 aliphatic carbocycles. The zero-order chi connectivity index (χ0) is 23.2. The highest BCUT2D eigenvalue weighted by Crippen LogP contribution is 2.34. The Balaban J connectivity index is 1.67. The maximum absolute atomic E-state index is 13.8. The molecule has 2 amide bonds. The number of rotatable bonds is 4. The summed E-state index contributed by atoms with van der Waals surface area (Å²) in [6, 6.07) is -0.125. The first kappa shape index (κ1) is 21.8. The molecular formula is C21H19F4N3O4. The largest absolute Gasteiger partial charge is 0.503 e. The van der Waals surface area contributed by atoms with Gasteiger partial charge < -0.3 is 19.9 Å². The molecule has 0 radical (unpaired) electrons. The molecule has 2 aliphatic heterocycles. The normalized spacial score (nSPS) is 20.0. The summed E-state index contributed by atoms with van der Waals surface area (Å²) in [6.07, 6.45) is 2.68. The zero-order valence-electron chi connectivity index (χ0n) is 16.7. The van der Waals surface area contributed by atoms with Crippen molar-refractivity contribution in [1.82, 2.24) is 14.8 Å². The Labute approximate surface area is 179 Å². The van der Waals surface area contributed by atoms with Gasteiger partial charge >= 0.3 is 0 Å². The molecule has 2 atom stereocenters. The van der Waals surface area contributed by atoms with Crippen molar-refractivity contribution in [3.05, 3.63) is 62.8 Å². The molecule has 2 N–H and O–H groups in total. The number of carbonyl (C=O) groups is 2. The number of benzene rings is 1. The average Bonchev–Trinajstić information content (AvgIpc) is 2.93. The molecule has 1 aromatic heterocycles. The lowest BCUT2D eigenvalue weighted by molar-refractivity contribution is 0.0557. The molecule has 32 heavy (non-hydrogen) atoms. The van der Waals surface area contributed by atoms with E-state index in [4.69, 9.17) is 0 Å². The Hall–Kier alpha value is -3.37.